The Balaban J connectivity index is 2.35. The first-order valence-corrected chi connectivity index (χ1v) is 6.62. The Kier molecular flexibility index (Phi) is 4.14. The molecule has 0 spiro atoms. The van der Waals surface area contributed by atoms with Crippen LogP contribution in [0.2, 0.25) is 0 Å². The van der Waals surface area contributed by atoms with Crippen LogP contribution in [-0.2, 0) is 4.79 Å². The molecule has 1 fully saturated rings. The van der Waals surface area contributed by atoms with E-state index in [1.165, 1.54) is 19.3 Å². The zero-order valence-corrected chi connectivity index (χ0v) is 11.6. The van der Waals surface area contributed by atoms with Crippen LogP contribution in [0.1, 0.15) is 5.56 Å². The van der Waals surface area contributed by atoms with Gasteiger partial charge in [-0.25, -0.2) is 0 Å². The second kappa shape index (κ2) is 5.83. The third kappa shape index (κ3) is 2.55. The van der Waals surface area contributed by atoms with Crippen LogP contribution in [0.5, 0.6) is 11.5 Å². The normalized spacial score (nSPS) is 16.9. The van der Waals surface area contributed by atoms with Crippen molar-refractivity contribution >= 4 is 29.0 Å². The number of nitrogens with zero attached hydrogens (tertiary/aromatic N) is 1. The first-order valence-electron chi connectivity index (χ1n) is 5.80. The van der Waals surface area contributed by atoms with Gasteiger partial charge in [0.05, 0.1) is 12.0 Å². The molecule has 0 saturated carbocycles. The highest BCUT2D eigenvalue weighted by Crippen LogP contribution is 2.36. The minimum absolute atomic E-state index is 0.0643. The number of benzene rings is 1. The molecule has 5 nitrogen and oxygen atoms in total. The highest BCUT2D eigenvalue weighted by Gasteiger charge is 2.34. The fourth-order valence-electron chi connectivity index (χ4n) is 1.75. The van der Waals surface area contributed by atoms with E-state index in [4.69, 9.17) is 4.74 Å². The van der Waals surface area contributed by atoms with Crippen molar-refractivity contribution < 1.29 is 19.4 Å². The summed E-state index contributed by atoms with van der Waals surface area (Å²) in [5.41, 5.74) is 0.424. The fourth-order valence-corrected chi connectivity index (χ4v) is 2.59. The fraction of sp³-hybridized carbons (Fsp3) is 0.143. The van der Waals surface area contributed by atoms with Crippen LogP contribution >= 0.6 is 11.8 Å². The van der Waals surface area contributed by atoms with Gasteiger partial charge in [0.2, 0.25) is 0 Å². The van der Waals surface area contributed by atoms with Crippen LogP contribution in [0.15, 0.2) is 35.8 Å². The van der Waals surface area contributed by atoms with Crippen LogP contribution in [0.25, 0.3) is 6.08 Å². The maximum absolute atomic E-state index is 12.0. The number of para-hydroxylation sites is 1. The number of carbonyl (C=O) groups excluding carboxylic acids is 2. The minimum atomic E-state index is -0.387. The number of phenolic OH excluding ortho intramolecular Hbond substituents is 1. The lowest BCUT2D eigenvalue weighted by atomic mass is 10.1. The number of carbonyl (C=O) groups is 2. The topological polar surface area (TPSA) is 66.8 Å². The Labute approximate surface area is 120 Å². The summed E-state index contributed by atoms with van der Waals surface area (Å²) >= 11 is 0.838. The molecule has 0 unspecified atom stereocenters. The van der Waals surface area contributed by atoms with Gasteiger partial charge < -0.3 is 9.84 Å². The monoisotopic (exact) mass is 291 g/mol. The van der Waals surface area contributed by atoms with Crippen LogP contribution in [0.4, 0.5) is 4.79 Å². The summed E-state index contributed by atoms with van der Waals surface area (Å²) in [6.07, 6.45) is 2.97. The van der Waals surface area contributed by atoms with Gasteiger partial charge in [-0.2, -0.15) is 0 Å². The van der Waals surface area contributed by atoms with Crippen molar-refractivity contribution in [2.24, 2.45) is 0 Å². The predicted octanol–water partition coefficient (Wildman–Crippen LogP) is 2.62. The summed E-state index contributed by atoms with van der Waals surface area (Å²) < 4.78 is 5.00. The second-order valence-electron chi connectivity index (χ2n) is 3.98. The number of amides is 2. The Morgan fingerprint density at radius 1 is 1.45 bits per heavy atom. The number of hydrogen-bond acceptors (Lipinski definition) is 5. The third-order valence-corrected chi connectivity index (χ3v) is 3.63. The molecule has 0 aliphatic carbocycles. The molecule has 1 aliphatic rings. The molecule has 104 valence electrons. The summed E-state index contributed by atoms with van der Waals surface area (Å²) in [6, 6.07) is 4.94. The van der Waals surface area contributed by atoms with Crippen molar-refractivity contribution in [3.05, 3.63) is 41.3 Å². The van der Waals surface area contributed by atoms with E-state index in [0.29, 0.717) is 11.3 Å². The third-order valence-electron chi connectivity index (χ3n) is 2.72. The molecular formula is C14H13NO4S. The van der Waals surface area contributed by atoms with Gasteiger partial charge in [-0.15, -0.1) is 6.58 Å². The van der Waals surface area contributed by atoms with Crippen molar-refractivity contribution in [2.75, 3.05) is 13.7 Å². The van der Waals surface area contributed by atoms with E-state index in [9.17, 15) is 14.7 Å². The van der Waals surface area contributed by atoms with Crippen molar-refractivity contribution in [1.29, 1.82) is 0 Å². The van der Waals surface area contributed by atoms with Gasteiger partial charge in [0.15, 0.2) is 11.5 Å². The van der Waals surface area contributed by atoms with E-state index in [-0.39, 0.29) is 28.3 Å². The highest BCUT2D eigenvalue weighted by atomic mass is 32.2. The molecular weight excluding hydrogens is 278 g/mol. The minimum Gasteiger partial charge on any atom is -0.504 e. The zero-order chi connectivity index (χ0) is 14.7. The maximum Gasteiger partial charge on any atom is 0.293 e. The van der Waals surface area contributed by atoms with E-state index in [1.54, 1.807) is 18.2 Å². The molecule has 0 aromatic heterocycles. The number of thioether (sulfide) groups is 1. The quantitative estimate of drug-likeness (QED) is 0.682. The summed E-state index contributed by atoms with van der Waals surface area (Å²) in [6.45, 7) is 3.68. The van der Waals surface area contributed by atoms with Crippen molar-refractivity contribution in [3.8, 4) is 11.5 Å². The van der Waals surface area contributed by atoms with Crippen molar-refractivity contribution in [1.82, 2.24) is 4.90 Å². The molecule has 1 heterocycles. The van der Waals surface area contributed by atoms with Crippen LogP contribution < -0.4 is 4.74 Å². The molecule has 2 rings (SSSR count). The number of imide groups is 1. The number of ether oxygens (including phenoxy) is 1. The molecule has 6 heteroatoms. The molecule has 1 N–H and O–H groups in total. The Bertz CT molecular complexity index is 609. The van der Waals surface area contributed by atoms with Gasteiger partial charge >= 0.3 is 0 Å². The SMILES string of the molecule is C=CCN1C(=O)S/C(=C\c2cccc(OC)c2O)C1=O. The summed E-state index contributed by atoms with van der Waals surface area (Å²) in [5, 5.41) is 9.62. The predicted molar refractivity (Wildman–Crippen MR) is 77.5 cm³/mol. The van der Waals surface area contributed by atoms with Crippen molar-refractivity contribution in [3.63, 3.8) is 0 Å². The van der Waals surface area contributed by atoms with Gasteiger partial charge in [-0.1, -0.05) is 18.2 Å². The van der Waals surface area contributed by atoms with E-state index in [1.807, 2.05) is 0 Å². The molecule has 1 saturated heterocycles. The van der Waals surface area contributed by atoms with Gasteiger partial charge in [0, 0.05) is 12.1 Å². The lowest BCUT2D eigenvalue weighted by molar-refractivity contribution is -0.122. The largest absolute Gasteiger partial charge is 0.504 e. The number of phenols is 1. The molecule has 1 aliphatic heterocycles. The lowest BCUT2D eigenvalue weighted by Gasteiger charge is -2.08. The first-order chi connectivity index (χ1) is 9.58. The molecule has 0 radical (unpaired) electrons. The Morgan fingerprint density at radius 3 is 2.85 bits per heavy atom. The molecule has 0 bridgehead atoms. The van der Waals surface area contributed by atoms with Crippen LogP contribution in [-0.4, -0.2) is 34.8 Å². The maximum atomic E-state index is 12.0. The Morgan fingerprint density at radius 2 is 2.20 bits per heavy atom. The summed E-state index contributed by atoms with van der Waals surface area (Å²) in [4.78, 5) is 25.1. The molecule has 2 amide bonds. The number of aromatic hydroxyl groups is 1. The van der Waals surface area contributed by atoms with E-state index >= 15 is 0 Å². The van der Waals surface area contributed by atoms with Gasteiger partial charge in [-0.05, 0) is 23.9 Å². The summed E-state index contributed by atoms with van der Waals surface area (Å²) in [7, 11) is 1.44. The molecule has 1 aromatic carbocycles. The van der Waals surface area contributed by atoms with Crippen LogP contribution in [0.3, 0.4) is 0 Å². The lowest BCUT2D eigenvalue weighted by Crippen LogP contribution is -2.27. The zero-order valence-electron chi connectivity index (χ0n) is 10.8. The van der Waals surface area contributed by atoms with Gasteiger partial charge in [0.1, 0.15) is 0 Å². The molecule has 20 heavy (non-hydrogen) atoms. The number of rotatable bonds is 4. The number of hydrogen-bond donors (Lipinski definition) is 1. The smallest absolute Gasteiger partial charge is 0.293 e. The van der Waals surface area contributed by atoms with E-state index in [2.05, 4.69) is 6.58 Å². The van der Waals surface area contributed by atoms with Gasteiger partial charge in [-0.3, -0.25) is 14.5 Å². The second-order valence-corrected chi connectivity index (χ2v) is 4.97. The first kappa shape index (κ1) is 14.2. The summed E-state index contributed by atoms with van der Waals surface area (Å²) in [5.74, 6) is -0.142. The average molecular weight is 291 g/mol. The van der Waals surface area contributed by atoms with Crippen molar-refractivity contribution in [2.45, 2.75) is 0 Å². The Hall–Kier alpha value is -2.21. The van der Waals surface area contributed by atoms with E-state index in [0.717, 1.165) is 16.7 Å². The average Bonchev–Trinajstić information content (AvgIpc) is 2.69. The number of methoxy groups -OCH3 is 1. The standard InChI is InChI=1S/C14H13NO4S/c1-3-7-15-13(17)11(20-14(15)18)8-9-5-4-6-10(19-2)12(9)16/h3-6,8,16H,1,7H2,2H3/b11-8-. The van der Waals surface area contributed by atoms with Crippen LogP contribution in [0, 0.1) is 0 Å². The van der Waals surface area contributed by atoms with Gasteiger partial charge in [0.25, 0.3) is 11.1 Å². The van der Waals surface area contributed by atoms with E-state index < -0.39 is 0 Å². The molecule has 1 aromatic rings. The highest BCUT2D eigenvalue weighted by molar-refractivity contribution is 8.18. The molecule has 0 atom stereocenters.